The minimum Gasteiger partial charge on any atom is -0.343 e. The van der Waals surface area contributed by atoms with Crippen molar-refractivity contribution in [3.63, 3.8) is 0 Å². The normalized spacial score (nSPS) is 11.2. The summed E-state index contributed by atoms with van der Waals surface area (Å²) in [4.78, 5) is 34.3. The van der Waals surface area contributed by atoms with Gasteiger partial charge in [0.2, 0.25) is 11.7 Å². The van der Waals surface area contributed by atoms with Crippen LogP contribution in [0.25, 0.3) is 10.9 Å². The average Bonchev–Trinajstić information content (AvgIpc) is 2.66. The first-order valence-corrected chi connectivity index (χ1v) is 7.65. The van der Waals surface area contributed by atoms with Crippen molar-refractivity contribution in [2.24, 2.45) is 0 Å². The standard InChI is InChI=1S/C17H12F3N5O2/c18-17(19,20)16-23-7-11(8-24-16)15(27)22-9-13(26)25-12-5-1-3-10-4-2-6-21-14(10)12/h1-8H,9H2,(H,22,27)(H,25,26). The summed E-state index contributed by atoms with van der Waals surface area (Å²) in [5.41, 5.74) is 0.878. The Kier molecular flexibility index (Phi) is 4.97. The van der Waals surface area contributed by atoms with Crippen LogP contribution in [-0.2, 0) is 11.0 Å². The Bertz CT molecular complexity index is 985. The molecule has 1 aromatic carbocycles. The number of hydrogen-bond acceptors (Lipinski definition) is 5. The number of carbonyl (C=O) groups excluding carboxylic acids is 2. The summed E-state index contributed by atoms with van der Waals surface area (Å²) >= 11 is 0. The van der Waals surface area contributed by atoms with Gasteiger partial charge in [-0.2, -0.15) is 13.2 Å². The number of halogens is 3. The summed E-state index contributed by atoms with van der Waals surface area (Å²) in [6.07, 6.45) is -1.61. The Morgan fingerprint density at radius 3 is 2.41 bits per heavy atom. The molecule has 2 aromatic heterocycles. The highest BCUT2D eigenvalue weighted by Gasteiger charge is 2.34. The molecular formula is C17H12F3N5O2. The number of nitrogens with one attached hydrogen (secondary N) is 2. The highest BCUT2D eigenvalue weighted by Crippen LogP contribution is 2.25. The van der Waals surface area contributed by atoms with Crippen molar-refractivity contribution < 1.29 is 22.8 Å². The van der Waals surface area contributed by atoms with Crippen LogP contribution in [0.4, 0.5) is 18.9 Å². The number of amides is 2. The van der Waals surface area contributed by atoms with Gasteiger partial charge in [0.1, 0.15) is 0 Å². The van der Waals surface area contributed by atoms with E-state index in [0.29, 0.717) is 11.2 Å². The van der Waals surface area contributed by atoms with Crippen molar-refractivity contribution >= 4 is 28.4 Å². The third-order valence-corrected chi connectivity index (χ3v) is 3.48. The fraction of sp³-hybridized carbons (Fsp3) is 0.118. The van der Waals surface area contributed by atoms with E-state index in [1.165, 1.54) is 0 Å². The number of aromatic nitrogens is 3. The molecule has 138 valence electrons. The molecule has 0 spiro atoms. The molecule has 27 heavy (non-hydrogen) atoms. The number of pyridine rings is 1. The number of hydrogen-bond donors (Lipinski definition) is 2. The van der Waals surface area contributed by atoms with E-state index in [1.807, 2.05) is 12.1 Å². The largest absolute Gasteiger partial charge is 0.451 e. The van der Waals surface area contributed by atoms with E-state index in [2.05, 4.69) is 25.6 Å². The Morgan fingerprint density at radius 1 is 1.00 bits per heavy atom. The summed E-state index contributed by atoms with van der Waals surface area (Å²) in [6, 6.07) is 8.85. The lowest BCUT2D eigenvalue weighted by molar-refractivity contribution is -0.145. The monoisotopic (exact) mass is 375 g/mol. The summed E-state index contributed by atoms with van der Waals surface area (Å²) < 4.78 is 37.2. The van der Waals surface area contributed by atoms with Crippen LogP contribution in [0.5, 0.6) is 0 Å². The van der Waals surface area contributed by atoms with Gasteiger partial charge in [-0.1, -0.05) is 18.2 Å². The highest BCUT2D eigenvalue weighted by molar-refractivity contribution is 6.03. The number of nitrogens with zero attached hydrogens (tertiary/aromatic N) is 3. The topological polar surface area (TPSA) is 96.9 Å². The maximum atomic E-state index is 12.4. The van der Waals surface area contributed by atoms with E-state index in [-0.39, 0.29) is 12.1 Å². The van der Waals surface area contributed by atoms with Crippen LogP contribution in [0.1, 0.15) is 16.2 Å². The van der Waals surface area contributed by atoms with E-state index in [0.717, 1.165) is 17.8 Å². The average molecular weight is 375 g/mol. The van der Waals surface area contributed by atoms with Gasteiger partial charge in [0.25, 0.3) is 5.91 Å². The predicted molar refractivity (Wildman–Crippen MR) is 89.7 cm³/mol. The maximum Gasteiger partial charge on any atom is 0.451 e. The fourth-order valence-electron chi connectivity index (χ4n) is 2.25. The Labute approximate surface area is 150 Å². The molecule has 0 saturated carbocycles. The molecule has 2 N–H and O–H groups in total. The van der Waals surface area contributed by atoms with Gasteiger partial charge in [-0.3, -0.25) is 14.6 Å². The van der Waals surface area contributed by atoms with E-state index in [1.54, 1.807) is 24.4 Å². The van der Waals surface area contributed by atoms with Crippen molar-refractivity contribution in [1.29, 1.82) is 0 Å². The molecule has 0 saturated heterocycles. The van der Waals surface area contributed by atoms with Gasteiger partial charge in [0.05, 0.1) is 23.3 Å². The van der Waals surface area contributed by atoms with Crippen LogP contribution in [-0.4, -0.2) is 33.3 Å². The van der Waals surface area contributed by atoms with Crippen molar-refractivity contribution in [3.8, 4) is 0 Å². The molecule has 0 radical (unpaired) electrons. The molecule has 0 aliphatic heterocycles. The SMILES string of the molecule is O=C(CNC(=O)c1cnc(C(F)(F)F)nc1)Nc1cccc2cccnc12. The zero-order chi connectivity index (χ0) is 19.4. The zero-order valence-electron chi connectivity index (χ0n) is 13.6. The third-order valence-electron chi connectivity index (χ3n) is 3.48. The van der Waals surface area contributed by atoms with Crippen molar-refractivity contribution in [2.75, 3.05) is 11.9 Å². The van der Waals surface area contributed by atoms with Crippen molar-refractivity contribution in [3.05, 3.63) is 60.3 Å². The molecule has 10 heteroatoms. The number of anilines is 1. The second kappa shape index (κ2) is 7.36. The fourth-order valence-corrected chi connectivity index (χ4v) is 2.25. The van der Waals surface area contributed by atoms with Gasteiger partial charge in [-0.05, 0) is 12.1 Å². The van der Waals surface area contributed by atoms with Crippen LogP contribution in [0.15, 0.2) is 48.9 Å². The van der Waals surface area contributed by atoms with Crippen LogP contribution in [0, 0.1) is 0 Å². The first-order chi connectivity index (χ1) is 12.8. The lowest BCUT2D eigenvalue weighted by Crippen LogP contribution is -2.33. The molecule has 0 atom stereocenters. The van der Waals surface area contributed by atoms with Gasteiger partial charge >= 0.3 is 6.18 Å². The van der Waals surface area contributed by atoms with Gasteiger partial charge in [0, 0.05) is 24.0 Å². The van der Waals surface area contributed by atoms with Crippen LogP contribution < -0.4 is 10.6 Å². The third kappa shape index (κ3) is 4.35. The van der Waals surface area contributed by atoms with Crippen LogP contribution in [0.3, 0.4) is 0 Å². The van der Waals surface area contributed by atoms with E-state index in [4.69, 9.17) is 0 Å². The Hall–Kier alpha value is -3.56. The zero-order valence-corrected chi connectivity index (χ0v) is 13.6. The van der Waals surface area contributed by atoms with E-state index in [9.17, 15) is 22.8 Å². The van der Waals surface area contributed by atoms with Gasteiger partial charge in [0.15, 0.2) is 0 Å². The lowest BCUT2D eigenvalue weighted by atomic mass is 10.2. The molecule has 7 nitrogen and oxygen atoms in total. The Balaban J connectivity index is 1.61. The molecule has 0 aliphatic rings. The number of carbonyl (C=O) groups is 2. The molecule has 0 bridgehead atoms. The minimum absolute atomic E-state index is 0.192. The van der Waals surface area contributed by atoms with E-state index >= 15 is 0 Å². The van der Waals surface area contributed by atoms with Gasteiger partial charge < -0.3 is 10.6 Å². The first-order valence-electron chi connectivity index (χ1n) is 7.65. The number of alkyl halides is 3. The van der Waals surface area contributed by atoms with E-state index < -0.39 is 23.8 Å². The number of rotatable bonds is 4. The highest BCUT2D eigenvalue weighted by atomic mass is 19.4. The summed E-state index contributed by atoms with van der Waals surface area (Å²) in [5, 5.41) is 5.75. The lowest BCUT2D eigenvalue weighted by Gasteiger charge is -2.09. The molecule has 3 rings (SSSR count). The molecule has 3 aromatic rings. The van der Waals surface area contributed by atoms with Crippen molar-refractivity contribution in [1.82, 2.24) is 20.3 Å². The van der Waals surface area contributed by atoms with Gasteiger partial charge in [-0.15, -0.1) is 0 Å². The molecule has 2 amide bonds. The Morgan fingerprint density at radius 2 is 1.70 bits per heavy atom. The molecule has 0 aliphatic carbocycles. The quantitative estimate of drug-likeness (QED) is 0.730. The molecule has 0 fully saturated rings. The first kappa shape index (κ1) is 18.2. The minimum atomic E-state index is -4.69. The summed E-state index contributed by atoms with van der Waals surface area (Å²) in [7, 11) is 0. The second-order valence-electron chi connectivity index (χ2n) is 5.40. The second-order valence-corrected chi connectivity index (χ2v) is 5.40. The number of fused-ring (bicyclic) bond motifs is 1. The van der Waals surface area contributed by atoms with Crippen molar-refractivity contribution in [2.45, 2.75) is 6.18 Å². The number of para-hydroxylation sites is 1. The number of benzene rings is 1. The summed E-state index contributed by atoms with van der Waals surface area (Å²) in [5.74, 6) is -2.63. The smallest absolute Gasteiger partial charge is 0.343 e. The maximum absolute atomic E-state index is 12.4. The molecule has 2 heterocycles. The summed E-state index contributed by atoms with van der Waals surface area (Å²) in [6.45, 7) is -0.386. The van der Waals surface area contributed by atoms with Crippen LogP contribution >= 0.6 is 0 Å². The van der Waals surface area contributed by atoms with Gasteiger partial charge in [-0.25, -0.2) is 9.97 Å². The molecule has 0 unspecified atom stereocenters. The predicted octanol–water partition coefficient (Wildman–Crippen LogP) is 2.41. The van der Waals surface area contributed by atoms with Crippen LogP contribution in [0.2, 0.25) is 0 Å². The molecular weight excluding hydrogens is 363 g/mol.